The monoisotopic (exact) mass is 284 g/mol. The van der Waals surface area contributed by atoms with Gasteiger partial charge in [-0.3, -0.25) is 15.5 Å². The molecule has 0 saturated carbocycles. The molecule has 0 aromatic carbocycles. The van der Waals surface area contributed by atoms with Gasteiger partial charge in [-0.25, -0.2) is 10.8 Å². The van der Waals surface area contributed by atoms with E-state index in [1.807, 2.05) is 13.8 Å². The van der Waals surface area contributed by atoms with Crippen LogP contribution in [0.2, 0.25) is 0 Å². The molecule has 20 heavy (non-hydrogen) atoms. The number of nitro groups is 1. The lowest BCUT2D eigenvalue weighted by atomic mass is 9.96. The zero-order valence-corrected chi connectivity index (χ0v) is 11.5. The molecule has 5 N–H and O–H groups in total. The van der Waals surface area contributed by atoms with Crippen molar-refractivity contribution in [2.45, 2.75) is 32.8 Å². The summed E-state index contributed by atoms with van der Waals surface area (Å²) >= 11 is 0. The molecule has 1 heterocycles. The van der Waals surface area contributed by atoms with Crippen molar-refractivity contribution in [3.63, 3.8) is 0 Å². The van der Waals surface area contributed by atoms with E-state index in [0.29, 0.717) is 0 Å². The topological polar surface area (TPSA) is 139 Å². The van der Waals surface area contributed by atoms with Crippen molar-refractivity contribution in [3.8, 4) is 0 Å². The Bertz CT molecular complexity index is 452. The van der Waals surface area contributed by atoms with Crippen molar-refractivity contribution < 1.29 is 10.0 Å². The summed E-state index contributed by atoms with van der Waals surface area (Å²) in [5.74, 6) is 5.40. The van der Waals surface area contributed by atoms with E-state index in [2.05, 4.69) is 20.7 Å². The van der Waals surface area contributed by atoms with Crippen molar-refractivity contribution in [1.82, 2.24) is 9.97 Å². The second kappa shape index (κ2) is 7.56. The molecule has 0 fully saturated rings. The molecule has 0 bridgehead atoms. The maximum Gasteiger partial charge on any atom is 0.329 e. The number of nitrogens with one attached hydrogen (secondary N) is 2. The number of nitrogen functional groups attached to an aromatic ring is 1. The highest BCUT2D eigenvalue weighted by atomic mass is 16.6. The van der Waals surface area contributed by atoms with Crippen molar-refractivity contribution >= 4 is 17.5 Å². The van der Waals surface area contributed by atoms with Crippen LogP contribution in [-0.4, -0.2) is 32.6 Å². The van der Waals surface area contributed by atoms with Crippen LogP contribution in [-0.2, 0) is 0 Å². The second-order valence-corrected chi connectivity index (χ2v) is 4.35. The van der Waals surface area contributed by atoms with Crippen LogP contribution in [0.15, 0.2) is 6.20 Å². The highest BCUT2D eigenvalue weighted by Gasteiger charge is 2.20. The number of nitrogens with two attached hydrogens (primary N) is 1. The molecule has 0 spiro atoms. The molecule has 1 atom stereocenters. The summed E-state index contributed by atoms with van der Waals surface area (Å²) in [6.07, 6.45) is 2.13. The molecule has 1 rings (SSSR count). The third kappa shape index (κ3) is 4.00. The third-order valence-electron chi connectivity index (χ3n) is 3.17. The fourth-order valence-electron chi connectivity index (χ4n) is 1.91. The van der Waals surface area contributed by atoms with Crippen LogP contribution in [0.5, 0.6) is 0 Å². The number of hydrogen-bond acceptors (Lipinski definition) is 8. The maximum absolute atomic E-state index is 10.9. The van der Waals surface area contributed by atoms with E-state index >= 15 is 0 Å². The standard InChI is InChI=1S/C11H20N6O3/c1-3-7(4-2)9(18)6-13-10-8(17(19)20)5-14-11(15-10)16-12/h5,7,9,18H,3-4,6,12H2,1-2H3,(H2,13,14,15,16). The molecule has 0 amide bonds. The fraction of sp³-hybridized carbons (Fsp3) is 0.636. The first-order valence-corrected chi connectivity index (χ1v) is 6.43. The minimum absolute atomic E-state index is 0.0305. The van der Waals surface area contributed by atoms with Crippen LogP contribution in [0.25, 0.3) is 0 Å². The predicted molar refractivity (Wildman–Crippen MR) is 75.1 cm³/mol. The Hall–Kier alpha value is -2.00. The van der Waals surface area contributed by atoms with Gasteiger partial charge in [0.15, 0.2) is 0 Å². The van der Waals surface area contributed by atoms with Crippen LogP contribution in [0, 0.1) is 16.0 Å². The van der Waals surface area contributed by atoms with Gasteiger partial charge >= 0.3 is 5.69 Å². The number of rotatable bonds is 8. The number of nitrogens with zero attached hydrogens (tertiary/aromatic N) is 3. The summed E-state index contributed by atoms with van der Waals surface area (Å²) in [5, 5.41) is 23.7. The number of aromatic nitrogens is 2. The SMILES string of the molecule is CCC(CC)C(O)CNc1nc(NN)ncc1[N+](=O)[O-]. The number of aliphatic hydroxyl groups excluding tert-OH is 1. The van der Waals surface area contributed by atoms with Crippen LogP contribution in [0.1, 0.15) is 26.7 Å². The van der Waals surface area contributed by atoms with E-state index in [0.717, 1.165) is 19.0 Å². The Morgan fingerprint density at radius 2 is 2.15 bits per heavy atom. The first-order valence-electron chi connectivity index (χ1n) is 6.43. The van der Waals surface area contributed by atoms with E-state index < -0.39 is 11.0 Å². The van der Waals surface area contributed by atoms with Crippen LogP contribution < -0.4 is 16.6 Å². The zero-order chi connectivity index (χ0) is 15.1. The number of anilines is 2. The van der Waals surface area contributed by atoms with E-state index in [1.165, 1.54) is 0 Å². The first-order chi connectivity index (χ1) is 9.53. The highest BCUT2D eigenvalue weighted by Crippen LogP contribution is 2.22. The average molecular weight is 284 g/mol. The van der Waals surface area contributed by atoms with E-state index in [-0.39, 0.29) is 29.9 Å². The number of hydrogen-bond donors (Lipinski definition) is 4. The molecular weight excluding hydrogens is 264 g/mol. The van der Waals surface area contributed by atoms with Crippen LogP contribution >= 0.6 is 0 Å². The van der Waals surface area contributed by atoms with Gasteiger partial charge in [0.05, 0.1) is 11.0 Å². The lowest BCUT2D eigenvalue weighted by Gasteiger charge is -2.20. The van der Waals surface area contributed by atoms with Crippen molar-refractivity contribution in [2.24, 2.45) is 11.8 Å². The molecule has 0 radical (unpaired) electrons. The molecular formula is C11H20N6O3. The quantitative estimate of drug-likeness (QED) is 0.313. The molecule has 0 aliphatic heterocycles. The maximum atomic E-state index is 10.9. The first kappa shape index (κ1) is 16.1. The second-order valence-electron chi connectivity index (χ2n) is 4.35. The fourth-order valence-corrected chi connectivity index (χ4v) is 1.91. The Kier molecular flexibility index (Phi) is 6.07. The Labute approximate surface area is 116 Å². The van der Waals surface area contributed by atoms with Gasteiger partial charge in [-0.2, -0.15) is 4.98 Å². The number of aliphatic hydroxyl groups is 1. The molecule has 0 aliphatic rings. The minimum Gasteiger partial charge on any atom is -0.391 e. The van der Waals surface area contributed by atoms with Gasteiger partial charge in [0.25, 0.3) is 0 Å². The summed E-state index contributed by atoms with van der Waals surface area (Å²) in [4.78, 5) is 17.9. The smallest absolute Gasteiger partial charge is 0.329 e. The number of hydrazine groups is 1. The Morgan fingerprint density at radius 3 is 2.65 bits per heavy atom. The average Bonchev–Trinajstić information content (AvgIpc) is 2.45. The highest BCUT2D eigenvalue weighted by molar-refractivity contribution is 5.56. The van der Waals surface area contributed by atoms with Gasteiger partial charge < -0.3 is 10.4 Å². The summed E-state index contributed by atoms with van der Waals surface area (Å²) in [5.41, 5.74) is 1.96. The summed E-state index contributed by atoms with van der Waals surface area (Å²) in [6.45, 7) is 4.15. The zero-order valence-electron chi connectivity index (χ0n) is 11.5. The van der Waals surface area contributed by atoms with Gasteiger partial charge in [-0.15, -0.1) is 0 Å². The predicted octanol–water partition coefficient (Wildman–Crippen LogP) is 0.879. The molecule has 1 unspecified atom stereocenters. The van der Waals surface area contributed by atoms with Crippen LogP contribution in [0.4, 0.5) is 17.5 Å². The van der Waals surface area contributed by atoms with Crippen molar-refractivity contribution in [2.75, 3.05) is 17.3 Å². The third-order valence-corrected chi connectivity index (χ3v) is 3.17. The van der Waals surface area contributed by atoms with E-state index in [4.69, 9.17) is 5.84 Å². The van der Waals surface area contributed by atoms with E-state index in [9.17, 15) is 15.2 Å². The largest absolute Gasteiger partial charge is 0.391 e. The molecule has 0 saturated heterocycles. The van der Waals surface area contributed by atoms with Crippen molar-refractivity contribution in [3.05, 3.63) is 16.3 Å². The normalized spacial score (nSPS) is 12.2. The van der Waals surface area contributed by atoms with Gasteiger partial charge in [-0.1, -0.05) is 26.7 Å². The van der Waals surface area contributed by atoms with Crippen LogP contribution in [0.3, 0.4) is 0 Å². The molecule has 1 aromatic rings. The molecule has 112 valence electrons. The van der Waals surface area contributed by atoms with Gasteiger partial charge in [0.2, 0.25) is 11.8 Å². The minimum atomic E-state index is -0.603. The summed E-state index contributed by atoms with van der Waals surface area (Å²) < 4.78 is 0. The van der Waals surface area contributed by atoms with E-state index in [1.54, 1.807) is 0 Å². The summed E-state index contributed by atoms with van der Waals surface area (Å²) in [6, 6.07) is 0. The van der Waals surface area contributed by atoms with Crippen molar-refractivity contribution in [1.29, 1.82) is 0 Å². The summed E-state index contributed by atoms with van der Waals surface area (Å²) in [7, 11) is 0. The van der Waals surface area contributed by atoms with Gasteiger partial charge in [-0.05, 0) is 5.92 Å². The van der Waals surface area contributed by atoms with Gasteiger partial charge in [0.1, 0.15) is 6.20 Å². The molecule has 9 nitrogen and oxygen atoms in total. The molecule has 0 aliphatic carbocycles. The lowest BCUT2D eigenvalue weighted by molar-refractivity contribution is -0.384. The Balaban J connectivity index is 2.82. The Morgan fingerprint density at radius 1 is 1.50 bits per heavy atom. The molecule has 9 heteroatoms. The lowest BCUT2D eigenvalue weighted by Crippen LogP contribution is -2.28. The molecule has 1 aromatic heterocycles. The van der Waals surface area contributed by atoms with Gasteiger partial charge in [0, 0.05) is 6.54 Å².